The molecule has 0 aliphatic heterocycles. The number of benzene rings is 3. The number of esters is 1. The summed E-state index contributed by atoms with van der Waals surface area (Å²) in [7, 11) is 1.67. The highest BCUT2D eigenvalue weighted by Gasteiger charge is 2.38. The Balaban J connectivity index is 1.44. The van der Waals surface area contributed by atoms with E-state index >= 15 is 0 Å². The molecular formula is C33H34FNO4. The minimum atomic E-state index is -0.445. The van der Waals surface area contributed by atoms with Gasteiger partial charge < -0.3 is 14.2 Å². The zero-order chi connectivity index (χ0) is 27.6. The molecule has 1 saturated carbocycles. The lowest BCUT2D eigenvalue weighted by Gasteiger charge is -2.34. The van der Waals surface area contributed by atoms with Gasteiger partial charge in [0.25, 0.3) is 0 Å². The van der Waals surface area contributed by atoms with Crippen molar-refractivity contribution in [3.63, 3.8) is 0 Å². The lowest BCUT2D eigenvalue weighted by Crippen LogP contribution is -2.39. The second-order valence-electron chi connectivity index (χ2n) is 11.0. The van der Waals surface area contributed by atoms with E-state index in [0.717, 1.165) is 38.7 Å². The zero-order valence-electron chi connectivity index (χ0n) is 22.9. The molecule has 0 atom stereocenters. The summed E-state index contributed by atoms with van der Waals surface area (Å²) in [5.74, 6) is -0.123. The van der Waals surface area contributed by atoms with Gasteiger partial charge in [0.1, 0.15) is 18.5 Å². The van der Waals surface area contributed by atoms with Gasteiger partial charge in [-0.25, -0.2) is 9.37 Å². The van der Waals surface area contributed by atoms with Gasteiger partial charge in [0.2, 0.25) is 5.88 Å². The van der Waals surface area contributed by atoms with Crippen molar-refractivity contribution in [1.29, 1.82) is 0 Å². The third-order valence-electron chi connectivity index (χ3n) is 7.33. The van der Waals surface area contributed by atoms with Gasteiger partial charge in [0, 0.05) is 23.5 Å². The Labute approximate surface area is 228 Å². The number of ether oxygens (including phenoxy) is 3. The van der Waals surface area contributed by atoms with Crippen LogP contribution in [-0.2, 0) is 26.3 Å². The molecule has 4 aromatic rings. The summed E-state index contributed by atoms with van der Waals surface area (Å²) >= 11 is 0. The van der Waals surface area contributed by atoms with Gasteiger partial charge in [-0.15, -0.1) is 0 Å². The average molecular weight is 528 g/mol. The van der Waals surface area contributed by atoms with Crippen LogP contribution in [0.1, 0.15) is 43.5 Å². The van der Waals surface area contributed by atoms with Crippen molar-refractivity contribution < 1.29 is 23.4 Å². The van der Waals surface area contributed by atoms with Gasteiger partial charge in [-0.3, -0.25) is 4.79 Å². The first-order valence-corrected chi connectivity index (χ1v) is 13.3. The van der Waals surface area contributed by atoms with E-state index in [1.807, 2.05) is 37.3 Å². The molecule has 1 heterocycles. The molecule has 1 aromatic heterocycles. The number of hydrogen-bond donors (Lipinski definition) is 0. The van der Waals surface area contributed by atoms with E-state index in [-0.39, 0.29) is 30.4 Å². The molecular weight excluding hydrogens is 493 g/mol. The highest BCUT2D eigenvalue weighted by molar-refractivity contribution is 6.01. The Morgan fingerprint density at radius 1 is 1.00 bits per heavy atom. The predicted octanol–water partition coefficient (Wildman–Crippen LogP) is 7.17. The van der Waals surface area contributed by atoms with E-state index < -0.39 is 5.41 Å². The first-order valence-electron chi connectivity index (χ1n) is 13.3. The molecule has 3 aromatic carbocycles. The lowest BCUT2D eigenvalue weighted by molar-refractivity contribution is -0.156. The van der Waals surface area contributed by atoms with Crippen molar-refractivity contribution in [2.75, 3.05) is 13.7 Å². The van der Waals surface area contributed by atoms with Crippen LogP contribution in [0.3, 0.4) is 0 Å². The van der Waals surface area contributed by atoms with Crippen LogP contribution in [0, 0.1) is 18.7 Å². The summed E-state index contributed by atoms with van der Waals surface area (Å²) in [4.78, 5) is 17.7. The van der Waals surface area contributed by atoms with Crippen molar-refractivity contribution in [3.05, 3.63) is 95.4 Å². The van der Waals surface area contributed by atoms with Gasteiger partial charge >= 0.3 is 5.97 Å². The number of aryl methyl sites for hydroxylation is 1. The second-order valence-corrected chi connectivity index (χ2v) is 11.0. The molecule has 0 saturated heterocycles. The zero-order valence-corrected chi connectivity index (χ0v) is 22.9. The van der Waals surface area contributed by atoms with E-state index in [1.54, 1.807) is 19.2 Å². The first kappa shape index (κ1) is 26.8. The monoisotopic (exact) mass is 527 g/mol. The Hall–Kier alpha value is -3.77. The molecule has 0 amide bonds. The largest absolute Gasteiger partial charge is 0.474 e. The first-order chi connectivity index (χ1) is 18.7. The Kier molecular flexibility index (Phi) is 7.67. The van der Waals surface area contributed by atoms with Crippen molar-refractivity contribution in [2.45, 2.75) is 51.7 Å². The minimum absolute atomic E-state index is 0.134. The molecule has 1 aliphatic rings. The smallest absolute Gasteiger partial charge is 0.309 e. The average Bonchev–Trinajstić information content (AvgIpc) is 2.90. The van der Waals surface area contributed by atoms with E-state index in [4.69, 9.17) is 19.2 Å². The maximum atomic E-state index is 13.8. The fourth-order valence-electron chi connectivity index (χ4n) is 5.17. The lowest BCUT2D eigenvalue weighted by atomic mass is 9.82. The number of aromatic nitrogens is 1. The van der Waals surface area contributed by atoms with Crippen LogP contribution in [0.15, 0.2) is 72.8 Å². The van der Waals surface area contributed by atoms with Gasteiger partial charge in [0.05, 0.1) is 18.2 Å². The molecule has 202 valence electrons. The van der Waals surface area contributed by atoms with Gasteiger partial charge in [0.15, 0.2) is 0 Å². The number of methoxy groups -OCH3 is 1. The normalized spacial score (nSPS) is 17.1. The van der Waals surface area contributed by atoms with Crippen LogP contribution >= 0.6 is 0 Å². The maximum Gasteiger partial charge on any atom is 0.309 e. The summed E-state index contributed by atoms with van der Waals surface area (Å²) in [6.07, 6.45) is 1.03. The highest BCUT2D eigenvalue weighted by Crippen LogP contribution is 2.43. The number of nitrogens with zero attached hydrogens (tertiary/aromatic N) is 1. The van der Waals surface area contributed by atoms with Crippen LogP contribution < -0.4 is 4.74 Å². The number of halogens is 1. The maximum absolute atomic E-state index is 13.8. The van der Waals surface area contributed by atoms with Crippen LogP contribution in [0.25, 0.3) is 21.9 Å². The molecule has 5 rings (SSSR count). The summed E-state index contributed by atoms with van der Waals surface area (Å²) in [6.45, 7) is 6.92. The Bertz CT molecular complexity index is 1460. The molecule has 6 heteroatoms. The van der Waals surface area contributed by atoms with E-state index in [1.165, 1.54) is 12.1 Å². The van der Waals surface area contributed by atoms with Crippen LogP contribution in [0.5, 0.6) is 5.88 Å². The number of fused-ring (bicyclic) bond motifs is 1. The summed E-state index contributed by atoms with van der Waals surface area (Å²) in [5, 5.41) is 1.87. The number of hydrogen-bond acceptors (Lipinski definition) is 5. The quantitative estimate of drug-likeness (QED) is 0.216. The Morgan fingerprint density at radius 3 is 2.41 bits per heavy atom. The fourth-order valence-corrected chi connectivity index (χ4v) is 5.17. The molecule has 0 N–H and O–H groups in total. The standard InChI is InChI=1S/C33H34FNO4/c1-21-10-15-27-28(16-21)31(39-26-17-24(18-26)32(36)38-19-22-8-6-5-7-9-22)35-30(33(2,3)20-37-4)29(27)23-11-13-25(34)14-12-23/h5-16,24,26H,17-20H2,1-4H3. The number of rotatable bonds is 9. The van der Waals surface area contributed by atoms with Gasteiger partial charge in [-0.05, 0) is 54.5 Å². The van der Waals surface area contributed by atoms with Crippen molar-refractivity contribution in [2.24, 2.45) is 5.92 Å². The van der Waals surface area contributed by atoms with Crippen LogP contribution in [-0.4, -0.2) is 30.8 Å². The molecule has 5 nitrogen and oxygen atoms in total. The topological polar surface area (TPSA) is 57.7 Å². The molecule has 39 heavy (non-hydrogen) atoms. The predicted molar refractivity (Wildman–Crippen MR) is 150 cm³/mol. The van der Waals surface area contributed by atoms with Crippen LogP contribution in [0.2, 0.25) is 0 Å². The minimum Gasteiger partial charge on any atom is -0.474 e. The van der Waals surface area contributed by atoms with Gasteiger partial charge in [-0.2, -0.15) is 0 Å². The number of pyridine rings is 1. The third-order valence-corrected chi connectivity index (χ3v) is 7.33. The summed E-state index contributed by atoms with van der Waals surface area (Å²) in [5.41, 5.74) is 4.25. The molecule has 0 spiro atoms. The summed E-state index contributed by atoms with van der Waals surface area (Å²) in [6, 6.07) is 22.4. The van der Waals surface area contributed by atoms with Crippen LogP contribution in [0.4, 0.5) is 4.39 Å². The number of carbonyl (C=O) groups excluding carboxylic acids is 1. The van der Waals surface area contributed by atoms with E-state index in [0.29, 0.717) is 25.3 Å². The van der Waals surface area contributed by atoms with E-state index in [9.17, 15) is 9.18 Å². The van der Waals surface area contributed by atoms with Crippen molar-refractivity contribution >= 4 is 16.7 Å². The van der Waals surface area contributed by atoms with Gasteiger partial charge in [-0.1, -0.05) is 74.0 Å². The third kappa shape index (κ3) is 5.81. The Morgan fingerprint density at radius 2 is 1.72 bits per heavy atom. The number of carbonyl (C=O) groups is 1. The molecule has 0 unspecified atom stereocenters. The fraction of sp³-hybridized carbons (Fsp3) is 0.333. The molecule has 1 aliphatic carbocycles. The van der Waals surface area contributed by atoms with E-state index in [2.05, 4.69) is 32.0 Å². The van der Waals surface area contributed by atoms with Crippen molar-refractivity contribution in [1.82, 2.24) is 4.98 Å². The molecule has 0 bridgehead atoms. The molecule has 1 fully saturated rings. The summed E-state index contributed by atoms with van der Waals surface area (Å²) < 4.78 is 31.4. The SMILES string of the molecule is COCC(C)(C)c1nc(OC2CC(C(=O)OCc3ccccc3)C2)c2cc(C)ccc2c1-c1ccc(F)cc1. The second kappa shape index (κ2) is 11.1. The van der Waals surface area contributed by atoms with Crippen molar-refractivity contribution in [3.8, 4) is 17.0 Å². The molecule has 0 radical (unpaired) electrons. The highest BCUT2D eigenvalue weighted by atomic mass is 19.1.